The quantitative estimate of drug-likeness (QED) is 0.720. The zero-order chi connectivity index (χ0) is 20.2. The zero-order valence-corrected chi connectivity index (χ0v) is 15.7. The van der Waals surface area contributed by atoms with Crippen molar-refractivity contribution in [3.63, 3.8) is 0 Å². The van der Waals surface area contributed by atoms with Gasteiger partial charge in [-0.3, -0.25) is 14.5 Å². The van der Waals surface area contributed by atoms with Crippen LogP contribution in [0.15, 0.2) is 72.8 Å². The molecule has 1 N–H and O–H groups in total. The van der Waals surface area contributed by atoms with Gasteiger partial charge >= 0.3 is 0 Å². The number of benzene rings is 3. The summed E-state index contributed by atoms with van der Waals surface area (Å²) in [5.41, 5.74) is 1.51. The number of carbonyl (C=O) groups is 2. The molecule has 0 aliphatic carbocycles. The number of anilines is 3. The van der Waals surface area contributed by atoms with E-state index in [2.05, 4.69) is 5.32 Å². The number of hydrogen-bond donors (Lipinski definition) is 1. The molecule has 2 aliphatic rings. The van der Waals surface area contributed by atoms with Crippen molar-refractivity contribution in [3.8, 4) is 0 Å². The van der Waals surface area contributed by atoms with Crippen molar-refractivity contribution in [3.05, 3.63) is 89.7 Å². The smallest absolute Gasteiger partial charge is 0.279 e. The minimum atomic E-state index is -1.43. The van der Waals surface area contributed by atoms with Crippen LogP contribution in [0, 0.1) is 5.82 Å². The van der Waals surface area contributed by atoms with Gasteiger partial charge in [-0.15, -0.1) is 0 Å². The van der Waals surface area contributed by atoms with Crippen LogP contribution in [0.25, 0.3) is 0 Å². The second-order valence-electron chi connectivity index (χ2n) is 7.06. The zero-order valence-electron chi connectivity index (χ0n) is 15.7. The van der Waals surface area contributed by atoms with E-state index in [0.717, 1.165) is 5.69 Å². The number of amides is 2. The lowest BCUT2D eigenvalue weighted by molar-refractivity contribution is -0.122. The molecular formula is C23H18FN3O2. The van der Waals surface area contributed by atoms with E-state index in [-0.39, 0.29) is 11.8 Å². The highest BCUT2D eigenvalue weighted by Crippen LogP contribution is 2.49. The Morgan fingerprint density at radius 1 is 0.931 bits per heavy atom. The fraction of sp³-hybridized carbons (Fsp3) is 0.130. The molecule has 2 heterocycles. The SMILES string of the molecule is CCN1C(=O)C2(Nc3ccccc3C(=O)N2c2ccc(F)cc2)c2ccccc21. The molecule has 0 saturated heterocycles. The Morgan fingerprint density at radius 2 is 1.62 bits per heavy atom. The van der Waals surface area contributed by atoms with E-state index in [1.165, 1.54) is 29.2 Å². The maximum absolute atomic E-state index is 13.8. The number of halogens is 1. The molecule has 5 rings (SSSR count). The van der Waals surface area contributed by atoms with Gasteiger partial charge in [0.2, 0.25) is 5.66 Å². The van der Waals surface area contributed by atoms with Crippen molar-refractivity contribution in [1.29, 1.82) is 0 Å². The molecule has 0 fully saturated rings. The molecule has 6 heteroatoms. The minimum Gasteiger partial charge on any atom is -0.350 e. The summed E-state index contributed by atoms with van der Waals surface area (Å²) in [5, 5.41) is 3.36. The van der Waals surface area contributed by atoms with E-state index < -0.39 is 11.5 Å². The Balaban J connectivity index is 1.83. The highest BCUT2D eigenvalue weighted by atomic mass is 19.1. The van der Waals surface area contributed by atoms with Crippen LogP contribution in [0.2, 0.25) is 0 Å². The van der Waals surface area contributed by atoms with Crippen LogP contribution in [0.5, 0.6) is 0 Å². The molecule has 0 saturated carbocycles. The average molecular weight is 387 g/mol. The van der Waals surface area contributed by atoms with Crippen LogP contribution < -0.4 is 15.1 Å². The minimum absolute atomic E-state index is 0.242. The lowest BCUT2D eigenvalue weighted by atomic mass is 9.92. The van der Waals surface area contributed by atoms with Crippen LogP contribution in [-0.2, 0) is 10.5 Å². The molecule has 1 unspecified atom stereocenters. The Bertz CT molecular complexity index is 1140. The first-order valence-corrected chi connectivity index (χ1v) is 9.46. The highest BCUT2D eigenvalue weighted by Gasteiger charge is 2.59. The van der Waals surface area contributed by atoms with Crippen molar-refractivity contribution in [1.82, 2.24) is 0 Å². The van der Waals surface area contributed by atoms with Gasteiger partial charge in [-0.1, -0.05) is 30.3 Å². The molecule has 0 radical (unpaired) electrons. The first-order valence-electron chi connectivity index (χ1n) is 9.46. The first kappa shape index (κ1) is 17.4. The van der Waals surface area contributed by atoms with Crippen molar-refractivity contribution < 1.29 is 14.0 Å². The Morgan fingerprint density at radius 3 is 2.38 bits per heavy atom. The van der Waals surface area contributed by atoms with Gasteiger partial charge in [0.1, 0.15) is 5.82 Å². The van der Waals surface area contributed by atoms with Gasteiger partial charge in [0, 0.05) is 23.5 Å². The average Bonchev–Trinajstić information content (AvgIpc) is 2.97. The number of hydrogen-bond acceptors (Lipinski definition) is 3. The molecule has 5 nitrogen and oxygen atoms in total. The highest BCUT2D eigenvalue weighted by molar-refractivity contribution is 6.22. The molecule has 0 aromatic heterocycles. The Kier molecular flexibility index (Phi) is 3.71. The summed E-state index contributed by atoms with van der Waals surface area (Å²) in [6.07, 6.45) is 0. The van der Waals surface area contributed by atoms with Crippen LogP contribution in [0.1, 0.15) is 22.8 Å². The number of carbonyl (C=O) groups excluding carboxylic acids is 2. The number of nitrogens with zero attached hydrogens (tertiary/aromatic N) is 2. The van der Waals surface area contributed by atoms with Gasteiger partial charge in [-0.2, -0.15) is 0 Å². The number of nitrogens with one attached hydrogen (secondary N) is 1. The van der Waals surface area contributed by atoms with E-state index in [1.54, 1.807) is 23.1 Å². The Hall–Kier alpha value is -3.67. The van der Waals surface area contributed by atoms with Crippen molar-refractivity contribution in [2.45, 2.75) is 12.6 Å². The van der Waals surface area contributed by atoms with Crippen LogP contribution >= 0.6 is 0 Å². The van der Waals surface area contributed by atoms with Crippen molar-refractivity contribution in [2.75, 3.05) is 21.7 Å². The molecule has 29 heavy (non-hydrogen) atoms. The molecular weight excluding hydrogens is 369 g/mol. The van der Waals surface area contributed by atoms with Crippen molar-refractivity contribution >= 4 is 28.9 Å². The summed E-state index contributed by atoms with van der Waals surface area (Å²) in [7, 11) is 0. The summed E-state index contributed by atoms with van der Waals surface area (Å²) in [6, 6.07) is 20.2. The first-order chi connectivity index (χ1) is 14.1. The molecule has 2 aliphatic heterocycles. The third kappa shape index (κ3) is 2.26. The molecule has 1 spiro atoms. The number of likely N-dealkylation sites (N-methyl/N-ethyl adjacent to an activating group) is 1. The number of fused-ring (bicyclic) bond motifs is 3. The standard InChI is InChI=1S/C23H18FN3O2/c1-2-26-20-10-6-4-8-18(20)23(22(26)29)25-19-9-5-3-7-17(19)21(28)27(23)16-13-11-15(24)12-14-16/h3-14,25H,2H2,1H3. The van der Waals surface area contributed by atoms with E-state index in [9.17, 15) is 14.0 Å². The maximum Gasteiger partial charge on any atom is 0.279 e. The summed E-state index contributed by atoms with van der Waals surface area (Å²) >= 11 is 0. The largest absolute Gasteiger partial charge is 0.350 e. The van der Waals surface area contributed by atoms with Gasteiger partial charge in [-0.25, -0.2) is 4.39 Å². The summed E-state index contributed by atoms with van der Waals surface area (Å²) in [5.74, 6) is -0.964. The molecule has 144 valence electrons. The van der Waals surface area contributed by atoms with Crippen LogP contribution in [0.3, 0.4) is 0 Å². The van der Waals surface area contributed by atoms with Gasteiger partial charge in [-0.05, 0) is 49.4 Å². The van der Waals surface area contributed by atoms with E-state index in [4.69, 9.17) is 0 Å². The molecule has 2 amide bonds. The fourth-order valence-electron chi connectivity index (χ4n) is 4.29. The van der Waals surface area contributed by atoms with Crippen molar-refractivity contribution in [2.24, 2.45) is 0 Å². The molecule has 3 aromatic rings. The van der Waals surface area contributed by atoms with E-state index >= 15 is 0 Å². The molecule has 0 bridgehead atoms. The topological polar surface area (TPSA) is 52.7 Å². The second-order valence-corrected chi connectivity index (χ2v) is 7.06. The van der Waals surface area contributed by atoms with E-state index in [1.807, 2.05) is 37.3 Å². The maximum atomic E-state index is 13.8. The predicted octanol–water partition coefficient (Wildman–Crippen LogP) is 4.12. The lowest BCUT2D eigenvalue weighted by Gasteiger charge is -2.45. The lowest BCUT2D eigenvalue weighted by Crippen LogP contribution is -2.63. The predicted molar refractivity (Wildman–Crippen MR) is 109 cm³/mol. The number of rotatable bonds is 2. The van der Waals surface area contributed by atoms with Gasteiger partial charge in [0.15, 0.2) is 0 Å². The third-order valence-electron chi connectivity index (χ3n) is 5.55. The van der Waals surface area contributed by atoms with Crippen LogP contribution in [0.4, 0.5) is 21.5 Å². The number of para-hydroxylation sites is 2. The van der Waals surface area contributed by atoms with Gasteiger partial charge in [0.25, 0.3) is 11.8 Å². The molecule has 1 atom stereocenters. The fourth-order valence-corrected chi connectivity index (χ4v) is 4.29. The third-order valence-corrected chi connectivity index (χ3v) is 5.55. The molecule has 3 aromatic carbocycles. The van der Waals surface area contributed by atoms with Crippen LogP contribution in [-0.4, -0.2) is 18.4 Å². The summed E-state index contributed by atoms with van der Waals surface area (Å²) < 4.78 is 13.6. The Labute approximate surface area is 167 Å². The van der Waals surface area contributed by atoms with E-state index in [0.29, 0.717) is 29.0 Å². The summed E-state index contributed by atoms with van der Waals surface area (Å²) in [4.78, 5) is 30.5. The normalized spacial score (nSPS) is 19.9. The summed E-state index contributed by atoms with van der Waals surface area (Å²) in [6.45, 7) is 2.36. The second kappa shape index (κ2) is 6.17. The van der Waals surface area contributed by atoms with Gasteiger partial charge < -0.3 is 10.2 Å². The van der Waals surface area contributed by atoms with Gasteiger partial charge in [0.05, 0.1) is 11.3 Å². The monoisotopic (exact) mass is 387 g/mol.